The molecule has 10 nitrogen and oxygen atoms in total. The molecule has 0 aliphatic carbocycles. The van der Waals surface area contributed by atoms with Crippen molar-refractivity contribution in [3.63, 3.8) is 0 Å². The Balaban J connectivity index is 1.35. The average Bonchev–Trinajstić information content (AvgIpc) is 3.58. The molecule has 0 bridgehead atoms. The quantitative estimate of drug-likeness (QED) is 0.309. The number of benzene rings is 2. The summed E-state index contributed by atoms with van der Waals surface area (Å²) in [6, 6.07) is 12.5. The molecule has 12 heteroatoms. The lowest BCUT2D eigenvalue weighted by atomic mass is 9.95. The molecule has 1 aliphatic rings. The number of nitrogens with one attached hydrogen (secondary N) is 2. The highest BCUT2D eigenvalue weighted by Gasteiger charge is 2.29. The van der Waals surface area contributed by atoms with Crippen LogP contribution in [0.15, 0.2) is 67.3 Å². The highest BCUT2D eigenvalue weighted by Crippen LogP contribution is 2.37. The number of hydrogen-bond donors (Lipinski definition) is 2. The number of morpholine rings is 1. The van der Waals surface area contributed by atoms with Gasteiger partial charge in [-0.15, -0.1) is 0 Å². The van der Waals surface area contributed by atoms with Crippen LogP contribution in [0, 0.1) is 0 Å². The number of hydrogen-bond acceptors (Lipinski definition) is 7. The minimum Gasteiger partial charge on any atom is -0.434 e. The molecule has 5 aromatic rings. The molecule has 0 spiro atoms. The maximum atomic E-state index is 13.5. The van der Waals surface area contributed by atoms with Gasteiger partial charge in [0, 0.05) is 43.5 Å². The van der Waals surface area contributed by atoms with E-state index in [1.807, 2.05) is 30.3 Å². The van der Waals surface area contributed by atoms with Gasteiger partial charge in [-0.05, 0) is 29.0 Å². The first-order chi connectivity index (χ1) is 19.1. The molecule has 2 N–H and O–H groups in total. The van der Waals surface area contributed by atoms with Crippen molar-refractivity contribution < 1.29 is 23.0 Å². The molecule has 0 radical (unpaired) electrons. The van der Waals surface area contributed by atoms with Crippen LogP contribution in [-0.2, 0) is 11.2 Å². The number of halogens is 2. The number of carbonyl (C=O) groups is 1. The van der Waals surface area contributed by atoms with E-state index in [4.69, 9.17) is 9.47 Å². The van der Waals surface area contributed by atoms with E-state index < -0.39 is 6.61 Å². The van der Waals surface area contributed by atoms with Crippen molar-refractivity contribution in [1.82, 2.24) is 29.7 Å². The first-order valence-corrected chi connectivity index (χ1v) is 12.5. The number of amides is 1. The Hall–Kier alpha value is -4.42. The Labute approximate surface area is 221 Å². The number of aromatic amines is 1. The van der Waals surface area contributed by atoms with Gasteiger partial charge in [-0.3, -0.25) is 14.8 Å². The summed E-state index contributed by atoms with van der Waals surface area (Å²) in [4.78, 5) is 19.6. The van der Waals surface area contributed by atoms with Crippen LogP contribution in [0.25, 0.3) is 16.4 Å². The van der Waals surface area contributed by atoms with Gasteiger partial charge in [-0.2, -0.15) is 19.0 Å². The van der Waals surface area contributed by atoms with E-state index in [-0.39, 0.29) is 17.7 Å². The number of aromatic nitrogens is 5. The van der Waals surface area contributed by atoms with Crippen molar-refractivity contribution >= 4 is 28.0 Å². The predicted octanol–water partition coefficient (Wildman–Crippen LogP) is 4.08. The normalized spacial score (nSPS) is 15.2. The van der Waals surface area contributed by atoms with Gasteiger partial charge in [0.05, 0.1) is 37.0 Å². The van der Waals surface area contributed by atoms with Crippen LogP contribution in [0.3, 0.4) is 0 Å². The predicted molar refractivity (Wildman–Crippen MR) is 139 cm³/mol. The second-order valence-electron chi connectivity index (χ2n) is 9.15. The third-order valence-corrected chi connectivity index (χ3v) is 6.83. The highest BCUT2D eigenvalue weighted by molar-refractivity contribution is 6.08. The molecule has 1 aliphatic heterocycles. The van der Waals surface area contributed by atoms with Crippen LogP contribution >= 0.6 is 0 Å². The number of carbonyl (C=O) groups excluding carboxylic acids is 1. The first-order valence-electron chi connectivity index (χ1n) is 12.5. The van der Waals surface area contributed by atoms with Crippen molar-refractivity contribution in [2.45, 2.75) is 19.1 Å². The lowest BCUT2D eigenvalue weighted by Gasteiger charge is -2.35. The standard InChI is InChI=1S/C27H25F2N7O3/c28-27(29)39-24-13-18-5-2-1-4-17(18)12-19(24)23(35-8-10-38-11-9-35)14-21-22(16-31-34-21)33-26(37)20-15-32-36-7-3-6-30-25(20)36/h1-7,12-13,15-16,23,27H,8-11,14H2,(H,31,34)(H,33,37)/t23-/m0/s1. The minimum absolute atomic E-state index is 0.114. The van der Waals surface area contributed by atoms with Gasteiger partial charge in [-0.1, -0.05) is 24.3 Å². The maximum Gasteiger partial charge on any atom is 0.387 e. The number of H-pyrrole nitrogens is 1. The number of anilines is 1. The summed E-state index contributed by atoms with van der Waals surface area (Å²) in [6.45, 7) is -0.727. The summed E-state index contributed by atoms with van der Waals surface area (Å²) in [5.74, 6) is -0.274. The van der Waals surface area contributed by atoms with Crippen LogP contribution in [0.2, 0.25) is 0 Å². The molecule has 200 valence electrons. The Kier molecular flexibility index (Phi) is 6.86. The number of nitrogens with zero attached hydrogens (tertiary/aromatic N) is 5. The van der Waals surface area contributed by atoms with Crippen molar-refractivity contribution in [1.29, 1.82) is 0 Å². The van der Waals surface area contributed by atoms with Gasteiger partial charge in [0.2, 0.25) is 0 Å². The van der Waals surface area contributed by atoms with Gasteiger partial charge >= 0.3 is 6.61 Å². The second-order valence-corrected chi connectivity index (χ2v) is 9.15. The van der Waals surface area contributed by atoms with E-state index in [2.05, 4.69) is 30.5 Å². The molecular weight excluding hydrogens is 508 g/mol. The largest absolute Gasteiger partial charge is 0.434 e. The molecule has 0 saturated carbocycles. The molecule has 4 heterocycles. The number of fused-ring (bicyclic) bond motifs is 2. The topological polar surface area (TPSA) is 110 Å². The van der Waals surface area contributed by atoms with E-state index in [1.54, 1.807) is 24.5 Å². The van der Waals surface area contributed by atoms with Crippen molar-refractivity contribution in [3.8, 4) is 5.75 Å². The van der Waals surface area contributed by atoms with Crippen molar-refractivity contribution in [2.24, 2.45) is 0 Å². The van der Waals surface area contributed by atoms with E-state index in [0.717, 1.165) is 10.8 Å². The zero-order chi connectivity index (χ0) is 26.8. The molecule has 0 unspecified atom stereocenters. The number of alkyl halides is 2. The fourth-order valence-corrected chi connectivity index (χ4v) is 4.97. The average molecular weight is 534 g/mol. The molecule has 1 saturated heterocycles. The Bertz CT molecular complexity index is 1610. The van der Waals surface area contributed by atoms with Crippen LogP contribution in [-0.4, -0.2) is 68.5 Å². The lowest BCUT2D eigenvalue weighted by molar-refractivity contribution is -0.0518. The van der Waals surface area contributed by atoms with Crippen LogP contribution < -0.4 is 10.1 Å². The smallest absolute Gasteiger partial charge is 0.387 e. The fraction of sp³-hybridized carbons (Fsp3) is 0.259. The van der Waals surface area contributed by atoms with E-state index in [0.29, 0.717) is 60.9 Å². The van der Waals surface area contributed by atoms with Gasteiger partial charge < -0.3 is 14.8 Å². The summed E-state index contributed by atoms with van der Waals surface area (Å²) in [5.41, 5.74) is 2.48. The molecule has 1 atom stereocenters. The SMILES string of the molecule is O=C(Nc1cn[nH]c1C[C@@H](c1cc2ccccc2cc1OC(F)F)N1CCOCC1)c1cnn2cccnc12. The molecule has 3 aromatic heterocycles. The zero-order valence-corrected chi connectivity index (χ0v) is 20.8. The van der Waals surface area contributed by atoms with E-state index in [1.165, 1.54) is 16.9 Å². The Morgan fingerprint density at radius 3 is 2.72 bits per heavy atom. The molecule has 1 fully saturated rings. The molecular formula is C27H25F2N7O3. The van der Waals surface area contributed by atoms with E-state index in [9.17, 15) is 13.6 Å². The third kappa shape index (κ3) is 5.16. The molecule has 2 aromatic carbocycles. The molecule has 1 amide bonds. The highest BCUT2D eigenvalue weighted by atomic mass is 19.3. The van der Waals surface area contributed by atoms with Crippen LogP contribution in [0.4, 0.5) is 14.5 Å². The summed E-state index contributed by atoms with van der Waals surface area (Å²) < 4.78 is 39.1. The Morgan fingerprint density at radius 1 is 1.13 bits per heavy atom. The number of ether oxygens (including phenoxy) is 2. The van der Waals surface area contributed by atoms with Gasteiger partial charge in [-0.25, -0.2) is 9.50 Å². The van der Waals surface area contributed by atoms with Crippen LogP contribution in [0.5, 0.6) is 5.75 Å². The maximum absolute atomic E-state index is 13.5. The van der Waals surface area contributed by atoms with Gasteiger partial charge in [0.15, 0.2) is 5.65 Å². The third-order valence-electron chi connectivity index (χ3n) is 6.83. The van der Waals surface area contributed by atoms with Crippen LogP contribution in [0.1, 0.15) is 27.7 Å². The summed E-state index contributed by atoms with van der Waals surface area (Å²) in [6.07, 6.45) is 6.63. The fourth-order valence-electron chi connectivity index (χ4n) is 4.97. The van der Waals surface area contributed by atoms with Crippen molar-refractivity contribution in [3.05, 3.63) is 84.1 Å². The first kappa shape index (κ1) is 24.9. The summed E-state index contributed by atoms with van der Waals surface area (Å²) in [7, 11) is 0. The zero-order valence-electron chi connectivity index (χ0n) is 20.8. The number of rotatable bonds is 8. The second kappa shape index (κ2) is 10.8. The van der Waals surface area contributed by atoms with Gasteiger partial charge in [0.25, 0.3) is 5.91 Å². The Morgan fingerprint density at radius 2 is 1.92 bits per heavy atom. The van der Waals surface area contributed by atoms with Gasteiger partial charge in [0.1, 0.15) is 11.3 Å². The molecule has 39 heavy (non-hydrogen) atoms. The summed E-state index contributed by atoms with van der Waals surface area (Å²) >= 11 is 0. The lowest BCUT2D eigenvalue weighted by Crippen LogP contribution is -2.40. The molecule has 6 rings (SSSR count). The minimum atomic E-state index is -2.98. The summed E-state index contributed by atoms with van der Waals surface area (Å²) in [5, 5.41) is 15.9. The van der Waals surface area contributed by atoms with Crippen molar-refractivity contribution in [2.75, 3.05) is 31.6 Å². The monoisotopic (exact) mass is 533 g/mol. The van der Waals surface area contributed by atoms with E-state index >= 15 is 0 Å².